The van der Waals surface area contributed by atoms with Crippen molar-refractivity contribution in [3.63, 3.8) is 0 Å². The summed E-state index contributed by atoms with van der Waals surface area (Å²) in [5.74, 6) is 0.611. The zero-order chi connectivity index (χ0) is 8.97. The highest BCUT2D eigenvalue weighted by Crippen LogP contribution is 2.21. The van der Waals surface area contributed by atoms with E-state index in [1.54, 1.807) is 6.08 Å². The number of carbonyl (C=O) groups is 1. The highest BCUT2D eigenvalue weighted by Gasteiger charge is 2.16. The summed E-state index contributed by atoms with van der Waals surface area (Å²) in [5.41, 5.74) is 0.958. The van der Waals surface area contributed by atoms with Gasteiger partial charge in [0.1, 0.15) is 12.0 Å². The summed E-state index contributed by atoms with van der Waals surface area (Å²) in [7, 11) is 0. The fourth-order valence-electron chi connectivity index (χ4n) is 0.786. The molecule has 0 aromatic rings. The van der Waals surface area contributed by atoms with Gasteiger partial charge in [0.15, 0.2) is 0 Å². The quantitative estimate of drug-likeness (QED) is 0.362. The Hall–Kier alpha value is -1.51. The van der Waals surface area contributed by atoms with Crippen LogP contribution in [0.1, 0.15) is 6.92 Å². The van der Waals surface area contributed by atoms with Crippen molar-refractivity contribution in [2.45, 2.75) is 13.2 Å². The third-order valence-electron chi connectivity index (χ3n) is 1.45. The Kier molecular flexibility index (Phi) is 2.69. The number of aldehydes is 1. The molecule has 1 aliphatic rings. The first-order valence-electron chi connectivity index (χ1n) is 3.54. The number of allylic oxidation sites excluding steroid dienone is 2. The maximum Gasteiger partial charge on any atom is 0.260 e. The van der Waals surface area contributed by atoms with Gasteiger partial charge in [-0.3, -0.25) is 4.79 Å². The molecule has 1 unspecified atom stereocenters. The second-order valence-electron chi connectivity index (χ2n) is 2.36. The van der Waals surface area contributed by atoms with Gasteiger partial charge in [0.05, 0.1) is 6.26 Å². The van der Waals surface area contributed by atoms with E-state index in [-0.39, 0.29) is 0 Å². The van der Waals surface area contributed by atoms with Gasteiger partial charge >= 0.3 is 0 Å². The zero-order valence-electron chi connectivity index (χ0n) is 6.82. The Morgan fingerprint density at radius 3 is 3.00 bits per heavy atom. The van der Waals surface area contributed by atoms with E-state index in [0.29, 0.717) is 12.0 Å². The van der Waals surface area contributed by atoms with Crippen LogP contribution in [0.2, 0.25) is 0 Å². The molecule has 64 valence electrons. The SMILES string of the molecule is C=C1OC(O/C=C/C=O)C=C1C. The van der Waals surface area contributed by atoms with E-state index in [1.807, 2.05) is 6.92 Å². The molecule has 3 heteroatoms. The van der Waals surface area contributed by atoms with Crippen LogP contribution >= 0.6 is 0 Å². The molecule has 0 aliphatic carbocycles. The molecule has 12 heavy (non-hydrogen) atoms. The van der Waals surface area contributed by atoms with Crippen LogP contribution in [0.15, 0.2) is 36.3 Å². The molecule has 3 nitrogen and oxygen atoms in total. The Labute approximate surface area is 71.0 Å². The molecule has 0 spiro atoms. The van der Waals surface area contributed by atoms with Crippen LogP contribution in [0.4, 0.5) is 0 Å². The lowest BCUT2D eigenvalue weighted by Gasteiger charge is -2.07. The third kappa shape index (κ3) is 1.99. The maximum absolute atomic E-state index is 9.87. The Bertz CT molecular complexity index is 250. The maximum atomic E-state index is 9.87. The Morgan fingerprint density at radius 2 is 2.50 bits per heavy atom. The van der Waals surface area contributed by atoms with Gasteiger partial charge in [0.25, 0.3) is 6.29 Å². The van der Waals surface area contributed by atoms with Gasteiger partial charge in [-0.1, -0.05) is 6.58 Å². The molecule has 0 fully saturated rings. The molecule has 0 bridgehead atoms. The highest BCUT2D eigenvalue weighted by molar-refractivity contribution is 5.64. The molecule has 0 aromatic carbocycles. The van der Waals surface area contributed by atoms with Crippen LogP contribution < -0.4 is 0 Å². The predicted molar refractivity (Wildman–Crippen MR) is 44.1 cm³/mol. The smallest absolute Gasteiger partial charge is 0.260 e. The monoisotopic (exact) mass is 166 g/mol. The van der Waals surface area contributed by atoms with Gasteiger partial charge < -0.3 is 9.47 Å². The molecule has 0 amide bonds. The fraction of sp³-hybridized carbons (Fsp3) is 0.222. The molecular weight excluding hydrogens is 156 g/mol. The summed E-state index contributed by atoms with van der Waals surface area (Å²) in [4.78, 5) is 9.87. The van der Waals surface area contributed by atoms with Crippen LogP contribution in [0.3, 0.4) is 0 Å². The minimum absolute atomic E-state index is 0.436. The summed E-state index contributed by atoms with van der Waals surface area (Å²) < 4.78 is 10.2. The van der Waals surface area contributed by atoms with Crippen LogP contribution in [0.5, 0.6) is 0 Å². The van der Waals surface area contributed by atoms with E-state index in [4.69, 9.17) is 9.47 Å². The fourth-order valence-corrected chi connectivity index (χ4v) is 0.786. The van der Waals surface area contributed by atoms with Gasteiger partial charge in [-0.2, -0.15) is 0 Å². The van der Waals surface area contributed by atoms with Crippen molar-refractivity contribution in [2.24, 2.45) is 0 Å². The second-order valence-corrected chi connectivity index (χ2v) is 2.36. The van der Waals surface area contributed by atoms with Gasteiger partial charge in [-0.15, -0.1) is 0 Å². The molecule has 0 saturated carbocycles. The average Bonchev–Trinajstić information content (AvgIpc) is 2.32. The highest BCUT2D eigenvalue weighted by atomic mass is 16.7. The van der Waals surface area contributed by atoms with Crippen LogP contribution in [-0.4, -0.2) is 12.6 Å². The molecule has 0 saturated heterocycles. The third-order valence-corrected chi connectivity index (χ3v) is 1.45. The van der Waals surface area contributed by atoms with Crippen LogP contribution in [0, 0.1) is 0 Å². The largest absolute Gasteiger partial charge is 0.459 e. The van der Waals surface area contributed by atoms with Crippen molar-refractivity contribution in [1.29, 1.82) is 0 Å². The van der Waals surface area contributed by atoms with Crippen LogP contribution in [-0.2, 0) is 14.3 Å². The standard InChI is InChI=1S/C9H10O3/c1-7-6-9(12-8(7)2)11-5-3-4-10/h3-6,9H,2H2,1H3/b5-3+. The lowest BCUT2D eigenvalue weighted by Crippen LogP contribution is -2.04. The molecule has 1 aliphatic heterocycles. The van der Waals surface area contributed by atoms with Crippen LogP contribution in [0.25, 0.3) is 0 Å². The summed E-state index contributed by atoms with van der Waals surface area (Å²) in [6.45, 7) is 5.53. The first kappa shape index (κ1) is 8.59. The molecule has 1 rings (SSSR count). The summed E-state index contributed by atoms with van der Waals surface area (Å²) in [6.07, 6.45) is 4.54. The van der Waals surface area contributed by atoms with Crippen molar-refractivity contribution in [1.82, 2.24) is 0 Å². The van der Waals surface area contributed by atoms with Crippen molar-refractivity contribution in [3.8, 4) is 0 Å². The summed E-state index contributed by atoms with van der Waals surface area (Å²) in [5, 5.41) is 0. The molecule has 1 heterocycles. The number of hydrogen-bond acceptors (Lipinski definition) is 3. The number of carbonyl (C=O) groups excluding carboxylic acids is 1. The van der Waals surface area contributed by atoms with E-state index in [1.165, 1.54) is 12.3 Å². The normalized spacial score (nSPS) is 22.2. The second kappa shape index (κ2) is 3.76. The van der Waals surface area contributed by atoms with E-state index in [2.05, 4.69) is 6.58 Å². The molecule has 1 atom stereocenters. The van der Waals surface area contributed by atoms with Crippen molar-refractivity contribution < 1.29 is 14.3 Å². The Morgan fingerprint density at radius 1 is 1.75 bits per heavy atom. The van der Waals surface area contributed by atoms with E-state index in [0.717, 1.165) is 5.57 Å². The van der Waals surface area contributed by atoms with E-state index >= 15 is 0 Å². The summed E-state index contributed by atoms with van der Waals surface area (Å²) >= 11 is 0. The minimum Gasteiger partial charge on any atom is -0.459 e. The lowest BCUT2D eigenvalue weighted by atomic mass is 10.3. The first-order chi connectivity index (χ1) is 5.74. The molecule has 0 radical (unpaired) electrons. The van der Waals surface area contributed by atoms with Gasteiger partial charge in [0.2, 0.25) is 0 Å². The molecular formula is C9H10O3. The summed E-state index contributed by atoms with van der Waals surface area (Å²) in [6, 6.07) is 0. The molecule has 0 N–H and O–H groups in total. The first-order valence-corrected chi connectivity index (χ1v) is 3.54. The van der Waals surface area contributed by atoms with Gasteiger partial charge in [0, 0.05) is 12.2 Å². The topological polar surface area (TPSA) is 35.5 Å². The lowest BCUT2D eigenvalue weighted by molar-refractivity contribution is -0.104. The average molecular weight is 166 g/mol. The number of ether oxygens (including phenoxy) is 2. The Balaban J connectivity index is 2.42. The number of rotatable bonds is 3. The zero-order valence-corrected chi connectivity index (χ0v) is 6.82. The predicted octanol–water partition coefficient (Wildman–Crippen LogP) is 1.53. The molecule has 0 aromatic heterocycles. The van der Waals surface area contributed by atoms with Gasteiger partial charge in [-0.05, 0) is 12.5 Å². The van der Waals surface area contributed by atoms with Crippen molar-refractivity contribution in [3.05, 3.63) is 36.3 Å². The minimum atomic E-state index is -0.436. The van der Waals surface area contributed by atoms with E-state index < -0.39 is 6.29 Å². The van der Waals surface area contributed by atoms with Crippen molar-refractivity contribution >= 4 is 6.29 Å². The van der Waals surface area contributed by atoms with Gasteiger partial charge in [-0.25, -0.2) is 0 Å². The van der Waals surface area contributed by atoms with E-state index in [9.17, 15) is 4.79 Å². The van der Waals surface area contributed by atoms with Crippen molar-refractivity contribution in [2.75, 3.05) is 0 Å². The number of hydrogen-bond donors (Lipinski definition) is 0.